The zero-order valence-electron chi connectivity index (χ0n) is 17.9. The van der Waals surface area contributed by atoms with Crippen molar-refractivity contribution < 1.29 is 29.0 Å². The van der Waals surface area contributed by atoms with Crippen LogP contribution >= 0.6 is 34.4 Å². The van der Waals surface area contributed by atoms with E-state index in [1.165, 1.54) is 13.2 Å². The van der Waals surface area contributed by atoms with E-state index in [1.807, 2.05) is 12.1 Å². The number of carbonyl (C=O) groups excluding carboxylic acids is 2. The van der Waals surface area contributed by atoms with Crippen LogP contribution in [0.3, 0.4) is 0 Å². The van der Waals surface area contributed by atoms with Crippen LogP contribution in [0, 0.1) is 3.57 Å². The Morgan fingerprint density at radius 1 is 1.09 bits per heavy atom. The number of hydrogen-bond donors (Lipinski definition) is 1. The molecule has 0 aliphatic carbocycles. The molecule has 1 heterocycles. The molecule has 1 aliphatic heterocycles. The summed E-state index contributed by atoms with van der Waals surface area (Å²) >= 11 is 2.99. The third-order valence-corrected chi connectivity index (χ3v) is 6.59. The largest absolute Gasteiger partial charge is 0.493 e. The predicted molar refractivity (Wildman–Crippen MR) is 138 cm³/mol. The third-order valence-electron chi connectivity index (χ3n) is 4.91. The Hall–Kier alpha value is -3.31. The number of methoxy groups -OCH3 is 1. The highest BCUT2D eigenvalue weighted by Gasteiger charge is 2.36. The number of carboxylic acid groups (broad SMARTS) is 1. The number of anilines is 1. The van der Waals surface area contributed by atoms with E-state index in [-0.39, 0.29) is 23.3 Å². The van der Waals surface area contributed by atoms with Gasteiger partial charge in [0.2, 0.25) is 0 Å². The molecule has 1 saturated heterocycles. The van der Waals surface area contributed by atoms with Gasteiger partial charge in [0.1, 0.15) is 6.61 Å². The summed E-state index contributed by atoms with van der Waals surface area (Å²) in [5.74, 6) is -0.433. The van der Waals surface area contributed by atoms with Crippen molar-refractivity contribution in [1.29, 1.82) is 0 Å². The topological polar surface area (TPSA) is 93.1 Å². The molecule has 2 amide bonds. The van der Waals surface area contributed by atoms with Crippen LogP contribution in [0.2, 0.25) is 0 Å². The highest BCUT2D eigenvalue weighted by molar-refractivity contribution is 14.1. The molecule has 172 valence electrons. The smallest absolute Gasteiger partial charge is 0.335 e. The number of rotatable bonds is 7. The van der Waals surface area contributed by atoms with E-state index in [9.17, 15) is 14.4 Å². The Balaban J connectivity index is 1.57. The lowest BCUT2D eigenvalue weighted by Gasteiger charge is -2.14. The number of imide groups is 1. The van der Waals surface area contributed by atoms with Gasteiger partial charge in [-0.25, -0.2) is 9.69 Å². The zero-order chi connectivity index (χ0) is 24.2. The third kappa shape index (κ3) is 5.10. The van der Waals surface area contributed by atoms with Crippen LogP contribution in [-0.2, 0) is 11.4 Å². The molecule has 34 heavy (non-hydrogen) atoms. The zero-order valence-corrected chi connectivity index (χ0v) is 20.8. The lowest BCUT2D eigenvalue weighted by Crippen LogP contribution is -2.27. The van der Waals surface area contributed by atoms with Gasteiger partial charge in [0, 0.05) is 0 Å². The van der Waals surface area contributed by atoms with E-state index in [0.29, 0.717) is 33.2 Å². The van der Waals surface area contributed by atoms with Crippen molar-refractivity contribution in [2.45, 2.75) is 6.61 Å². The molecule has 0 atom stereocenters. The van der Waals surface area contributed by atoms with E-state index in [0.717, 1.165) is 20.2 Å². The van der Waals surface area contributed by atoms with Crippen LogP contribution in [0.5, 0.6) is 11.5 Å². The molecule has 3 aromatic rings. The van der Waals surface area contributed by atoms with E-state index >= 15 is 0 Å². The van der Waals surface area contributed by atoms with Gasteiger partial charge in [-0.1, -0.05) is 30.3 Å². The molecule has 4 rings (SSSR count). The Labute approximate surface area is 213 Å². The molecule has 0 bridgehead atoms. The minimum Gasteiger partial charge on any atom is -0.493 e. The van der Waals surface area contributed by atoms with Crippen molar-refractivity contribution in [3.8, 4) is 11.5 Å². The number of ether oxygens (including phenoxy) is 2. The Kier molecular flexibility index (Phi) is 7.23. The molecule has 0 aromatic heterocycles. The molecule has 0 radical (unpaired) electrons. The van der Waals surface area contributed by atoms with Crippen LogP contribution in [0.1, 0.15) is 21.5 Å². The Morgan fingerprint density at radius 3 is 2.56 bits per heavy atom. The quantitative estimate of drug-likeness (QED) is 0.275. The fraction of sp³-hybridized carbons (Fsp3) is 0.0800. The van der Waals surface area contributed by atoms with E-state index in [4.69, 9.17) is 14.6 Å². The normalized spacial score (nSPS) is 14.5. The summed E-state index contributed by atoms with van der Waals surface area (Å²) in [6.45, 7) is 0.156. The molecule has 3 aromatic carbocycles. The number of benzene rings is 3. The first-order chi connectivity index (χ1) is 16.4. The number of carbonyl (C=O) groups is 3. The summed E-state index contributed by atoms with van der Waals surface area (Å²) in [7, 11) is 1.51. The van der Waals surface area contributed by atoms with Gasteiger partial charge in [0.15, 0.2) is 11.5 Å². The molecule has 1 fully saturated rings. The fourth-order valence-electron chi connectivity index (χ4n) is 3.33. The number of halogens is 1. The number of hydrogen-bond acceptors (Lipinski definition) is 6. The molecule has 9 heteroatoms. The molecular weight excluding hydrogens is 569 g/mol. The maximum absolute atomic E-state index is 12.9. The summed E-state index contributed by atoms with van der Waals surface area (Å²) in [5.41, 5.74) is 2.09. The van der Waals surface area contributed by atoms with Crippen LogP contribution in [-0.4, -0.2) is 29.3 Å². The Bertz CT molecular complexity index is 1310. The second kappa shape index (κ2) is 10.3. The molecule has 1 aliphatic rings. The maximum Gasteiger partial charge on any atom is 0.335 e. The summed E-state index contributed by atoms with van der Waals surface area (Å²) in [6, 6.07) is 18.8. The van der Waals surface area contributed by atoms with Gasteiger partial charge in [0.25, 0.3) is 11.1 Å². The van der Waals surface area contributed by atoms with Crippen LogP contribution in [0.25, 0.3) is 6.08 Å². The highest BCUT2D eigenvalue weighted by atomic mass is 127. The van der Waals surface area contributed by atoms with Crippen molar-refractivity contribution in [1.82, 2.24) is 0 Å². The van der Waals surface area contributed by atoms with Crippen LogP contribution < -0.4 is 14.4 Å². The summed E-state index contributed by atoms with van der Waals surface area (Å²) < 4.78 is 12.2. The average Bonchev–Trinajstić information content (AvgIpc) is 3.11. The summed E-state index contributed by atoms with van der Waals surface area (Å²) in [5, 5.41) is 8.81. The van der Waals surface area contributed by atoms with Gasteiger partial charge in [-0.05, 0) is 88.0 Å². The number of aromatic carboxylic acids is 1. The molecule has 1 N–H and O–H groups in total. The van der Waals surface area contributed by atoms with Gasteiger partial charge in [-0.15, -0.1) is 0 Å². The number of carboxylic acids is 1. The van der Waals surface area contributed by atoms with E-state index in [2.05, 4.69) is 22.6 Å². The molecule has 0 unspecified atom stereocenters. The van der Waals surface area contributed by atoms with Crippen molar-refractivity contribution in [2.75, 3.05) is 12.0 Å². The fourth-order valence-corrected chi connectivity index (χ4v) is 4.95. The monoisotopic (exact) mass is 587 g/mol. The Morgan fingerprint density at radius 2 is 1.85 bits per heavy atom. The van der Waals surface area contributed by atoms with Gasteiger partial charge >= 0.3 is 5.97 Å². The highest BCUT2D eigenvalue weighted by Crippen LogP contribution is 2.39. The van der Waals surface area contributed by atoms with Gasteiger partial charge in [-0.3, -0.25) is 9.59 Å². The van der Waals surface area contributed by atoms with Crippen molar-refractivity contribution in [2.24, 2.45) is 0 Å². The molecule has 0 spiro atoms. The first-order valence-electron chi connectivity index (χ1n) is 10.0. The molecular formula is C25H18INO6S. The van der Waals surface area contributed by atoms with Crippen LogP contribution in [0.15, 0.2) is 71.6 Å². The minimum atomic E-state index is -1.00. The first kappa shape index (κ1) is 23.8. The lowest BCUT2D eigenvalue weighted by atomic mass is 10.1. The second-order valence-electron chi connectivity index (χ2n) is 7.18. The van der Waals surface area contributed by atoms with Crippen molar-refractivity contribution in [3.63, 3.8) is 0 Å². The summed E-state index contributed by atoms with van der Waals surface area (Å²) in [4.78, 5) is 38.0. The van der Waals surface area contributed by atoms with Crippen molar-refractivity contribution >= 4 is 63.2 Å². The number of para-hydroxylation sites is 1. The van der Waals surface area contributed by atoms with Gasteiger partial charge in [-0.2, -0.15) is 0 Å². The van der Waals surface area contributed by atoms with Crippen molar-refractivity contribution in [3.05, 3.63) is 91.9 Å². The summed E-state index contributed by atoms with van der Waals surface area (Å²) in [6.07, 6.45) is 1.65. The minimum absolute atomic E-state index is 0.156. The predicted octanol–water partition coefficient (Wildman–Crippen LogP) is 5.82. The number of nitrogens with zero attached hydrogens (tertiary/aromatic N) is 1. The SMILES string of the molecule is COc1cc(/C=C2/SC(=O)N(c3ccccc3)C2=O)cc(I)c1OCc1cccc(C(=O)O)c1. The molecule has 7 nitrogen and oxygen atoms in total. The van der Waals surface area contributed by atoms with E-state index in [1.54, 1.807) is 54.6 Å². The standard InChI is InChI=1S/C25H18INO6S/c1-32-20-12-16(13-21-23(28)27(25(31)34-21)18-8-3-2-4-9-18)11-19(26)22(20)33-14-15-6-5-7-17(10-15)24(29)30/h2-13H,14H2,1H3,(H,29,30)/b21-13+. The lowest BCUT2D eigenvalue weighted by molar-refractivity contribution is -0.113. The number of amides is 2. The average molecular weight is 587 g/mol. The van der Waals surface area contributed by atoms with Gasteiger partial charge < -0.3 is 14.6 Å². The second-order valence-corrected chi connectivity index (χ2v) is 9.34. The maximum atomic E-state index is 12.9. The van der Waals surface area contributed by atoms with Gasteiger partial charge in [0.05, 0.1) is 26.8 Å². The van der Waals surface area contributed by atoms with Crippen LogP contribution in [0.4, 0.5) is 10.5 Å². The number of thioether (sulfide) groups is 1. The molecule has 0 saturated carbocycles. The van der Waals surface area contributed by atoms with E-state index < -0.39 is 5.97 Å². The first-order valence-corrected chi connectivity index (χ1v) is 11.9.